The van der Waals surface area contributed by atoms with Gasteiger partial charge in [-0.3, -0.25) is 4.99 Å². The maximum absolute atomic E-state index is 6.04. The molecule has 2 aromatic rings. The van der Waals surface area contributed by atoms with Crippen molar-refractivity contribution in [3.63, 3.8) is 0 Å². The van der Waals surface area contributed by atoms with Crippen LogP contribution < -0.4 is 5.73 Å². The Balaban J connectivity index is 2.52. The number of rotatable bonds is 5. The average Bonchev–Trinajstić information content (AvgIpc) is 2.88. The van der Waals surface area contributed by atoms with E-state index in [9.17, 15) is 0 Å². The van der Waals surface area contributed by atoms with Crippen molar-refractivity contribution < 1.29 is 4.74 Å². The molecule has 0 aliphatic carbocycles. The summed E-state index contributed by atoms with van der Waals surface area (Å²) in [4.78, 5) is 16.4. The summed E-state index contributed by atoms with van der Waals surface area (Å²) in [5.74, 6) is 0.879. The number of hydrogen-bond acceptors (Lipinski definition) is 6. The zero-order chi connectivity index (χ0) is 17.1. The smallest absolute Gasteiger partial charge is 0.223 e. The van der Waals surface area contributed by atoms with E-state index in [-0.39, 0.29) is 11.1 Å². The van der Waals surface area contributed by atoms with Crippen LogP contribution in [0.5, 0.6) is 0 Å². The zero-order valence-electron chi connectivity index (χ0n) is 13.6. The van der Waals surface area contributed by atoms with E-state index in [4.69, 9.17) is 22.1 Å². The van der Waals surface area contributed by atoms with Crippen molar-refractivity contribution in [2.75, 3.05) is 12.8 Å². The second-order valence-corrected chi connectivity index (χ2v) is 5.54. The number of halogens is 1. The third kappa shape index (κ3) is 3.34. The first kappa shape index (κ1) is 17.0. The van der Waals surface area contributed by atoms with Crippen LogP contribution in [-0.4, -0.2) is 33.3 Å². The molecule has 2 N–H and O–H groups in total. The Morgan fingerprint density at radius 3 is 2.65 bits per heavy atom. The second-order valence-electron chi connectivity index (χ2n) is 5.18. The highest BCUT2D eigenvalue weighted by Gasteiger charge is 2.14. The topological polar surface area (TPSA) is 91.2 Å². The van der Waals surface area contributed by atoms with Gasteiger partial charge < -0.3 is 15.0 Å². The zero-order valence-corrected chi connectivity index (χ0v) is 14.3. The SMILES string of the molecule is C=N/C(Cn1cnc2c(Cl)nc(N)nc21)=C(/C)C(OC)=C(C)C. The molecule has 23 heavy (non-hydrogen) atoms. The predicted molar refractivity (Wildman–Crippen MR) is 92.4 cm³/mol. The summed E-state index contributed by atoms with van der Waals surface area (Å²) in [6.07, 6.45) is 1.62. The monoisotopic (exact) mass is 334 g/mol. The van der Waals surface area contributed by atoms with Crippen LogP contribution in [0.1, 0.15) is 20.8 Å². The van der Waals surface area contributed by atoms with Gasteiger partial charge in [-0.15, -0.1) is 0 Å². The number of fused-ring (bicyclic) bond motifs is 1. The lowest BCUT2D eigenvalue weighted by molar-refractivity contribution is 0.295. The molecule has 2 aromatic heterocycles. The molecule has 0 aromatic carbocycles. The van der Waals surface area contributed by atoms with Gasteiger partial charge in [0.25, 0.3) is 0 Å². The van der Waals surface area contributed by atoms with Crippen LogP contribution in [0, 0.1) is 0 Å². The van der Waals surface area contributed by atoms with Gasteiger partial charge in [0.15, 0.2) is 10.8 Å². The number of ether oxygens (including phenoxy) is 1. The third-order valence-electron chi connectivity index (χ3n) is 3.38. The Morgan fingerprint density at radius 2 is 2.09 bits per heavy atom. The summed E-state index contributed by atoms with van der Waals surface area (Å²) in [7, 11) is 1.63. The largest absolute Gasteiger partial charge is 0.496 e. The van der Waals surface area contributed by atoms with E-state index < -0.39 is 0 Å². The molecule has 2 heterocycles. The fraction of sp³-hybridized carbons (Fsp3) is 0.333. The molecule has 2 rings (SSSR count). The number of nitrogen functional groups attached to an aromatic ring is 1. The van der Waals surface area contributed by atoms with Crippen molar-refractivity contribution in [3.8, 4) is 0 Å². The first-order chi connectivity index (χ1) is 10.9. The Hall–Kier alpha value is -2.41. The van der Waals surface area contributed by atoms with Crippen LogP contribution in [0.3, 0.4) is 0 Å². The van der Waals surface area contributed by atoms with E-state index in [1.54, 1.807) is 18.0 Å². The van der Waals surface area contributed by atoms with Crippen molar-refractivity contribution in [2.45, 2.75) is 27.3 Å². The Bertz CT molecular complexity index is 817. The summed E-state index contributed by atoms with van der Waals surface area (Å²) in [6.45, 7) is 9.95. The van der Waals surface area contributed by atoms with E-state index in [2.05, 4.69) is 26.7 Å². The fourth-order valence-corrected chi connectivity index (χ4v) is 2.57. The van der Waals surface area contributed by atoms with Crippen molar-refractivity contribution >= 4 is 35.4 Å². The first-order valence-corrected chi connectivity index (χ1v) is 7.29. The van der Waals surface area contributed by atoms with Crippen LogP contribution in [0.25, 0.3) is 11.2 Å². The molecule has 0 aliphatic heterocycles. The van der Waals surface area contributed by atoms with Gasteiger partial charge in [-0.2, -0.15) is 9.97 Å². The molecule has 122 valence electrons. The van der Waals surface area contributed by atoms with Crippen molar-refractivity contribution in [2.24, 2.45) is 4.99 Å². The summed E-state index contributed by atoms with van der Waals surface area (Å²) < 4.78 is 7.24. The molecule has 0 unspecified atom stereocenters. The summed E-state index contributed by atoms with van der Waals surface area (Å²) in [5, 5.41) is 0.224. The lowest BCUT2D eigenvalue weighted by Gasteiger charge is -2.13. The van der Waals surface area contributed by atoms with Gasteiger partial charge in [0, 0.05) is 5.57 Å². The number of aliphatic imine (C=N–C) groups is 1. The minimum atomic E-state index is 0.0972. The number of allylic oxidation sites excluding steroid dienone is 3. The molecule has 0 saturated carbocycles. The third-order valence-corrected chi connectivity index (χ3v) is 3.64. The Morgan fingerprint density at radius 1 is 1.39 bits per heavy atom. The summed E-state index contributed by atoms with van der Waals surface area (Å²) >= 11 is 6.04. The Kier molecular flexibility index (Phi) is 5.00. The molecule has 0 radical (unpaired) electrons. The maximum Gasteiger partial charge on any atom is 0.223 e. The molecular formula is C15H19ClN6O. The average molecular weight is 335 g/mol. The minimum Gasteiger partial charge on any atom is -0.496 e. The van der Waals surface area contributed by atoms with Crippen LogP contribution in [0.4, 0.5) is 5.95 Å². The molecule has 8 heteroatoms. The number of hydrogen-bond donors (Lipinski definition) is 1. The molecule has 0 saturated heterocycles. The number of anilines is 1. The van der Waals surface area contributed by atoms with Gasteiger partial charge in [0.05, 0.1) is 25.7 Å². The highest BCUT2D eigenvalue weighted by atomic mass is 35.5. The predicted octanol–water partition coefficient (Wildman–Crippen LogP) is 2.98. The van der Waals surface area contributed by atoms with Crippen LogP contribution in [-0.2, 0) is 11.3 Å². The minimum absolute atomic E-state index is 0.0972. The number of aromatic nitrogens is 4. The van der Waals surface area contributed by atoms with Gasteiger partial charge in [-0.1, -0.05) is 11.6 Å². The molecule has 7 nitrogen and oxygen atoms in total. The lowest BCUT2D eigenvalue weighted by atomic mass is 10.1. The van der Waals surface area contributed by atoms with Gasteiger partial charge in [0.2, 0.25) is 5.95 Å². The quantitative estimate of drug-likeness (QED) is 0.393. The fourth-order valence-electron chi connectivity index (χ4n) is 2.35. The van der Waals surface area contributed by atoms with Gasteiger partial charge in [-0.25, -0.2) is 4.98 Å². The normalized spacial score (nSPS) is 12.0. The van der Waals surface area contributed by atoms with Gasteiger partial charge >= 0.3 is 0 Å². The van der Waals surface area contributed by atoms with Crippen molar-refractivity contribution in [1.82, 2.24) is 19.5 Å². The lowest BCUT2D eigenvalue weighted by Crippen LogP contribution is -2.05. The van der Waals surface area contributed by atoms with Crippen molar-refractivity contribution in [3.05, 3.63) is 34.1 Å². The second kappa shape index (κ2) is 6.78. The summed E-state index contributed by atoms with van der Waals surface area (Å²) in [5.41, 5.74) is 9.41. The van der Waals surface area contributed by atoms with E-state index in [1.165, 1.54) is 0 Å². The Labute approximate surface area is 139 Å². The number of imidazole rings is 1. The van der Waals surface area contributed by atoms with Crippen LogP contribution in [0.2, 0.25) is 5.15 Å². The van der Waals surface area contributed by atoms with E-state index in [0.717, 1.165) is 22.6 Å². The summed E-state index contributed by atoms with van der Waals surface area (Å²) in [6, 6.07) is 0. The molecular weight excluding hydrogens is 316 g/mol. The van der Waals surface area contributed by atoms with Gasteiger partial charge in [-0.05, 0) is 33.1 Å². The number of methoxy groups -OCH3 is 1. The molecule has 0 spiro atoms. The molecule has 0 fully saturated rings. The number of nitrogens with zero attached hydrogens (tertiary/aromatic N) is 5. The molecule has 0 atom stereocenters. The highest BCUT2D eigenvalue weighted by Crippen LogP contribution is 2.24. The maximum atomic E-state index is 6.04. The molecule has 0 aliphatic rings. The number of nitrogens with two attached hydrogens (primary N) is 1. The van der Waals surface area contributed by atoms with Gasteiger partial charge in [0.1, 0.15) is 11.3 Å². The van der Waals surface area contributed by atoms with Crippen LogP contribution in [0.15, 0.2) is 33.9 Å². The first-order valence-electron chi connectivity index (χ1n) is 6.91. The molecule has 0 bridgehead atoms. The highest BCUT2D eigenvalue weighted by molar-refractivity contribution is 6.33. The van der Waals surface area contributed by atoms with E-state index in [1.807, 2.05) is 20.8 Å². The van der Waals surface area contributed by atoms with Crippen LogP contribution >= 0.6 is 11.6 Å². The van der Waals surface area contributed by atoms with Crippen molar-refractivity contribution in [1.29, 1.82) is 0 Å². The molecule has 0 amide bonds. The standard InChI is InChI=1S/C15H19ClN6O/c1-8(2)12(23-5)9(3)10(18-4)6-22-7-19-11-13(16)20-15(17)21-14(11)22/h7H,4,6H2,1-3,5H3,(H2,17,20,21)/b10-9-. The van der Waals surface area contributed by atoms with E-state index >= 15 is 0 Å². The van der Waals surface area contributed by atoms with E-state index in [0.29, 0.717) is 17.7 Å².